The predicted octanol–water partition coefficient (Wildman–Crippen LogP) is 3.62. The molecule has 1 atom stereocenters. The lowest BCUT2D eigenvalue weighted by Crippen LogP contribution is -2.13. The van der Waals surface area contributed by atoms with Crippen molar-refractivity contribution in [3.05, 3.63) is 34.9 Å². The molecular weight excluding hydrogens is 314 g/mol. The lowest BCUT2D eigenvalue weighted by molar-refractivity contribution is 0.0994. The molecule has 0 bridgehead atoms. The molecule has 0 fully saturated rings. The predicted molar refractivity (Wildman–Crippen MR) is 85.3 cm³/mol. The van der Waals surface area contributed by atoms with Gasteiger partial charge in [-0.25, -0.2) is 0 Å². The van der Waals surface area contributed by atoms with E-state index in [1.165, 1.54) is 23.1 Å². The van der Waals surface area contributed by atoms with E-state index in [0.717, 1.165) is 9.47 Å². The molecule has 20 heavy (non-hydrogen) atoms. The number of hydrogen-bond donors (Lipinski definition) is 0. The standard InChI is InChI=1S/C13H14ClN3OS2/c1-8(11(18)9-5-4-6-10(14)7-9)19-13-16-15-12(20-13)17(2)3/h4-8H,1-3H3. The number of ketones is 1. The maximum Gasteiger partial charge on any atom is 0.208 e. The number of Topliss-reactive ketones (excluding diaryl/α,β-unsaturated/α-hetero) is 1. The molecule has 0 aliphatic heterocycles. The van der Waals surface area contributed by atoms with Crippen molar-refractivity contribution in [1.82, 2.24) is 10.2 Å². The first-order valence-corrected chi connectivity index (χ1v) is 8.02. The number of anilines is 1. The third-order valence-electron chi connectivity index (χ3n) is 2.53. The number of hydrogen-bond acceptors (Lipinski definition) is 6. The second-order valence-electron chi connectivity index (χ2n) is 4.38. The van der Waals surface area contributed by atoms with Gasteiger partial charge in [-0.05, 0) is 19.1 Å². The van der Waals surface area contributed by atoms with Crippen LogP contribution in [0, 0.1) is 0 Å². The van der Waals surface area contributed by atoms with E-state index in [1.807, 2.05) is 25.9 Å². The minimum absolute atomic E-state index is 0.0408. The van der Waals surface area contributed by atoms with Gasteiger partial charge >= 0.3 is 0 Å². The summed E-state index contributed by atoms with van der Waals surface area (Å²) in [5.41, 5.74) is 0.620. The molecule has 0 saturated heterocycles. The van der Waals surface area contributed by atoms with Gasteiger partial charge in [0.05, 0.1) is 5.25 Å². The summed E-state index contributed by atoms with van der Waals surface area (Å²) < 4.78 is 0.788. The number of benzene rings is 1. The topological polar surface area (TPSA) is 46.1 Å². The van der Waals surface area contributed by atoms with Crippen molar-refractivity contribution < 1.29 is 4.79 Å². The van der Waals surface area contributed by atoms with E-state index >= 15 is 0 Å². The van der Waals surface area contributed by atoms with Crippen LogP contribution in [0.2, 0.25) is 5.02 Å². The minimum atomic E-state index is -0.226. The molecule has 0 amide bonds. The molecule has 1 aromatic carbocycles. The van der Waals surface area contributed by atoms with E-state index < -0.39 is 0 Å². The summed E-state index contributed by atoms with van der Waals surface area (Å²) in [6.07, 6.45) is 0. The van der Waals surface area contributed by atoms with Crippen LogP contribution in [0.4, 0.5) is 5.13 Å². The number of aromatic nitrogens is 2. The highest BCUT2D eigenvalue weighted by Crippen LogP contribution is 2.31. The summed E-state index contributed by atoms with van der Waals surface area (Å²) in [4.78, 5) is 14.2. The van der Waals surface area contributed by atoms with Crippen LogP contribution in [-0.4, -0.2) is 35.3 Å². The quantitative estimate of drug-likeness (QED) is 0.620. The molecule has 0 radical (unpaired) electrons. The summed E-state index contributed by atoms with van der Waals surface area (Å²) in [5.74, 6) is 0.0408. The van der Waals surface area contributed by atoms with Crippen LogP contribution >= 0.6 is 34.7 Å². The lowest BCUT2D eigenvalue weighted by atomic mass is 10.1. The smallest absolute Gasteiger partial charge is 0.208 e. The van der Waals surface area contributed by atoms with Gasteiger partial charge in [0.25, 0.3) is 0 Å². The monoisotopic (exact) mass is 327 g/mol. The third-order valence-corrected chi connectivity index (χ3v) is 5.04. The molecule has 0 aliphatic rings. The van der Waals surface area contributed by atoms with Gasteiger partial charge < -0.3 is 4.90 Å². The van der Waals surface area contributed by atoms with E-state index in [4.69, 9.17) is 11.6 Å². The van der Waals surface area contributed by atoms with Crippen molar-refractivity contribution >= 4 is 45.6 Å². The maximum atomic E-state index is 12.3. The molecule has 0 saturated carbocycles. The van der Waals surface area contributed by atoms with Crippen molar-refractivity contribution in [2.45, 2.75) is 16.5 Å². The van der Waals surface area contributed by atoms with Crippen LogP contribution in [0.5, 0.6) is 0 Å². The zero-order valence-corrected chi connectivity index (χ0v) is 13.7. The molecule has 106 valence electrons. The molecule has 4 nitrogen and oxygen atoms in total. The Bertz CT molecular complexity index is 615. The Labute approximate surface area is 131 Å². The molecule has 2 rings (SSSR count). The molecule has 1 aromatic heterocycles. The molecule has 2 aromatic rings. The number of rotatable bonds is 5. The maximum absolute atomic E-state index is 12.3. The average molecular weight is 328 g/mol. The van der Waals surface area contributed by atoms with Crippen molar-refractivity contribution in [3.63, 3.8) is 0 Å². The van der Waals surface area contributed by atoms with Crippen molar-refractivity contribution in [1.29, 1.82) is 0 Å². The molecule has 1 unspecified atom stereocenters. The second-order valence-corrected chi connectivity index (χ2v) is 7.36. The Balaban J connectivity index is 2.07. The fraction of sp³-hybridized carbons (Fsp3) is 0.308. The van der Waals surface area contributed by atoms with Gasteiger partial charge in [0.15, 0.2) is 10.1 Å². The normalized spacial score (nSPS) is 12.2. The molecule has 7 heteroatoms. The van der Waals surface area contributed by atoms with Crippen LogP contribution in [0.25, 0.3) is 0 Å². The summed E-state index contributed by atoms with van der Waals surface area (Å²) in [5, 5.41) is 9.31. The zero-order valence-electron chi connectivity index (χ0n) is 11.3. The Morgan fingerprint density at radius 2 is 2.15 bits per heavy atom. The van der Waals surface area contributed by atoms with Gasteiger partial charge in [0.1, 0.15) is 0 Å². The Kier molecular flexibility index (Phi) is 5.01. The van der Waals surface area contributed by atoms with E-state index in [9.17, 15) is 4.79 Å². The van der Waals surface area contributed by atoms with Crippen LogP contribution in [0.1, 0.15) is 17.3 Å². The highest BCUT2D eigenvalue weighted by molar-refractivity contribution is 8.02. The van der Waals surface area contributed by atoms with Crippen LogP contribution in [-0.2, 0) is 0 Å². The van der Waals surface area contributed by atoms with Crippen molar-refractivity contribution in [2.75, 3.05) is 19.0 Å². The SMILES string of the molecule is CC(Sc1nnc(N(C)C)s1)C(=O)c1cccc(Cl)c1. The first kappa shape index (κ1) is 15.3. The minimum Gasteiger partial charge on any atom is -0.353 e. The third kappa shape index (κ3) is 3.71. The molecule has 1 heterocycles. The number of halogens is 1. The number of carbonyl (C=O) groups is 1. The largest absolute Gasteiger partial charge is 0.353 e. The first-order valence-electron chi connectivity index (χ1n) is 5.94. The average Bonchev–Trinajstić information content (AvgIpc) is 2.86. The van der Waals surface area contributed by atoms with Gasteiger partial charge in [0.2, 0.25) is 5.13 Å². The summed E-state index contributed by atoms with van der Waals surface area (Å²) in [7, 11) is 3.82. The summed E-state index contributed by atoms with van der Waals surface area (Å²) >= 11 is 8.80. The Morgan fingerprint density at radius 3 is 2.75 bits per heavy atom. The van der Waals surface area contributed by atoms with Gasteiger partial charge in [-0.3, -0.25) is 4.79 Å². The van der Waals surface area contributed by atoms with Gasteiger partial charge in [-0.2, -0.15) is 0 Å². The van der Waals surface area contributed by atoms with Gasteiger partial charge in [0, 0.05) is 24.7 Å². The second kappa shape index (κ2) is 6.56. The van der Waals surface area contributed by atoms with Gasteiger partial charge in [-0.15, -0.1) is 10.2 Å². The van der Waals surface area contributed by atoms with Crippen LogP contribution < -0.4 is 4.90 Å². The first-order chi connectivity index (χ1) is 9.47. The molecular formula is C13H14ClN3OS2. The van der Waals surface area contributed by atoms with E-state index in [-0.39, 0.29) is 11.0 Å². The van der Waals surface area contributed by atoms with Crippen LogP contribution in [0.15, 0.2) is 28.6 Å². The number of carbonyl (C=O) groups excluding carboxylic acids is 1. The fourth-order valence-corrected chi connectivity index (χ4v) is 3.69. The summed E-state index contributed by atoms with van der Waals surface area (Å²) in [6.45, 7) is 1.87. The Hall–Kier alpha value is -1.11. The van der Waals surface area contributed by atoms with Gasteiger partial charge in [-0.1, -0.05) is 46.8 Å². The molecule has 0 spiro atoms. The molecule has 0 N–H and O–H groups in total. The number of thioether (sulfide) groups is 1. The fourth-order valence-electron chi connectivity index (χ4n) is 1.51. The van der Waals surface area contributed by atoms with E-state index in [2.05, 4.69) is 10.2 Å². The highest BCUT2D eigenvalue weighted by Gasteiger charge is 2.19. The number of nitrogens with zero attached hydrogens (tertiary/aromatic N) is 3. The van der Waals surface area contributed by atoms with Crippen molar-refractivity contribution in [3.8, 4) is 0 Å². The van der Waals surface area contributed by atoms with E-state index in [0.29, 0.717) is 10.6 Å². The van der Waals surface area contributed by atoms with E-state index in [1.54, 1.807) is 24.3 Å². The van der Waals surface area contributed by atoms with Crippen LogP contribution in [0.3, 0.4) is 0 Å². The zero-order chi connectivity index (χ0) is 14.7. The Morgan fingerprint density at radius 1 is 1.40 bits per heavy atom. The molecule has 0 aliphatic carbocycles. The lowest BCUT2D eigenvalue weighted by Gasteiger charge is -2.08. The highest BCUT2D eigenvalue weighted by atomic mass is 35.5. The van der Waals surface area contributed by atoms with Crippen molar-refractivity contribution in [2.24, 2.45) is 0 Å². The summed E-state index contributed by atoms with van der Waals surface area (Å²) in [6, 6.07) is 7.00.